The molecule has 0 spiro atoms. The lowest BCUT2D eigenvalue weighted by Gasteiger charge is -2.23. The van der Waals surface area contributed by atoms with Gasteiger partial charge in [-0.15, -0.1) is 0 Å². The van der Waals surface area contributed by atoms with Gasteiger partial charge in [0.15, 0.2) is 9.84 Å². The summed E-state index contributed by atoms with van der Waals surface area (Å²) in [7, 11) is -1.39. The van der Waals surface area contributed by atoms with E-state index >= 15 is 0 Å². The monoisotopic (exact) mass is 437 g/mol. The molecule has 0 unspecified atom stereocenters. The number of benzene rings is 2. The Balaban J connectivity index is 1.69. The number of hydrogen-bond acceptors (Lipinski definition) is 4. The number of hydrogen-bond donors (Lipinski definition) is 0. The third-order valence-electron chi connectivity index (χ3n) is 5.89. The molecule has 4 rings (SSSR count). The summed E-state index contributed by atoms with van der Waals surface area (Å²) in [5.74, 6) is -0.0436. The van der Waals surface area contributed by atoms with Crippen LogP contribution in [0, 0.1) is 0 Å². The first-order valence-electron chi connectivity index (χ1n) is 10.5. The third-order valence-corrected chi connectivity index (χ3v) is 7.64. The molecule has 0 bridgehead atoms. The van der Waals surface area contributed by atoms with Gasteiger partial charge in [-0.05, 0) is 24.0 Å². The first-order chi connectivity index (χ1) is 14.9. The molecule has 1 atom stereocenters. The normalized spacial score (nSPS) is 17.5. The highest BCUT2D eigenvalue weighted by Crippen LogP contribution is 2.26. The minimum atomic E-state index is -3.08. The Morgan fingerprint density at radius 2 is 1.81 bits per heavy atom. The highest BCUT2D eigenvalue weighted by atomic mass is 32.2. The summed E-state index contributed by atoms with van der Waals surface area (Å²) in [6.07, 6.45) is 3.19. The first kappa shape index (κ1) is 21.3. The number of aryl methyl sites for hydroxylation is 1. The lowest BCUT2D eigenvalue weighted by Crippen LogP contribution is -2.37. The molecule has 6 nitrogen and oxygen atoms in total. The Kier molecular flexibility index (Phi) is 5.96. The zero-order chi connectivity index (χ0) is 22.0. The number of aromatic nitrogens is 2. The molecule has 1 fully saturated rings. The predicted molar refractivity (Wildman–Crippen MR) is 122 cm³/mol. The van der Waals surface area contributed by atoms with Crippen LogP contribution in [0.4, 0.5) is 0 Å². The summed E-state index contributed by atoms with van der Waals surface area (Å²) in [5, 5.41) is 4.74. The number of amides is 1. The van der Waals surface area contributed by atoms with Gasteiger partial charge in [0.2, 0.25) is 0 Å². The molecule has 1 aliphatic rings. The van der Waals surface area contributed by atoms with Crippen LogP contribution >= 0.6 is 0 Å². The van der Waals surface area contributed by atoms with Gasteiger partial charge in [-0.3, -0.25) is 9.48 Å². The molecule has 1 saturated heterocycles. The molecular weight excluding hydrogens is 410 g/mol. The molecule has 162 valence electrons. The highest BCUT2D eigenvalue weighted by Gasteiger charge is 2.34. The Morgan fingerprint density at radius 3 is 2.42 bits per heavy atom. The fourth-order valence-corrected chi connectivity index (χ4v) is 5.75. The molecule has 0 aliphatic carbocycles. The van der Waals surface area contributed by atoms with Gasteiger partial charge in [-0.2, -0.15) is 5.10 Å². The van der Waals surface area contributed by atoms with Crippen LogP contribution in [0.25, 0.3) is 11.3 Å². The molecule has 2 heterocycles. The van der Waals surface area contributed by atoms with Crippen molar-refractivity contribution < 1.29 is 13.2 Å². The molecular formula is C24H27N3O3S. The summed E-state index contributed by atoms with van der Waals surface area (Å²) in [5.41, 5.74) is 4.30. The van der Waals surface area contributed by atoms with E-state index in [9.17, 15) is 13.2 Å². The van der Waals surface area contributed by atoms with E-state index in [2.05, 4.69) is 6.92 Å². The molecule has 1 aliphatic heterocycles. The summed E-state index contributed by atoms with van der Waals surface area (Å²) in [4.78, 5) is 15.0. The number of carbonyl (C=O) groups excluding carboxylic acids is 1. The quantitative estimate of drug-likeness (QED) is 0.592. The minimum Gasteiger partial charge on any atom is -0.338 e. The van der Waals surface area contributed by atoms with Crippen molar-refractivity contribution in [2.24, 2.45) is 0 Å². The molecule has 0 saturated carbocycles. The van der Waals surface area contributed by atoms with E-state index < -0.39 is 9.84 Å². The van der Waals surface area contributed by atoms with Crippen molar-refractivity contribution in [1.82, 2.24) is 14.7 Å². The second-order valence-electron chi connectivity index (χ2n) is 8.10. The van der Waals surface area contributed by atoms with E-state index in [1.54, 1.807) is 22.8 Å². The van der Waals surface area contributed by atoms with E-state index in [0.29, 0.717) is 24.2 Å². The number of carbonyl (C=O) groups is 1. The van der Waals surface area contributed by atoms with E-state index in [0.717, 1.165) is 17.5 Å². The van der Waals surface area contributed by atoms with Gasteiger partial charge in [-0.1, -0.05) is 61.5 Å². The van der Waals surface area contributed by atoms with Crippen molar-refractivity contribution >= 4 is 15.7 Å². The van der Waals surface area contributed by atoms with Crippen LogP contribution < -0.4 is 0 Å². The molecule has 0 N–H and O–H groups in total. The molecule has 0 radical (unpaired) electrons. The van der Waals surface area contributed by atoms with Crippen LogP contribution in [0.15, 0.2) is 60.8 Å². The predicted octanol–water partition coefficient (Wildman–Crippen LogP) is 3.42. The van der Waals surface area contributed by atoms with E-state index in [-0.39, 0.29) is 23.5 Å². The highest BCUT2D eigenvalue weighted by molar-refractivity contribution is 7.91. The second-order valence-corrected chi connectivity index (χ2v) is 10.3. The fourth-order valence-electron chi connectivity index (χ4n) is 3.98. The van der Waals surface area contributed by atoms with E-state index in [1.807, 2.05) is 54.6 Å². The topological polar surface area (TPSA) is 72.3 Å². The maximum absolute atomic E-state index is 13.4. The van der Waals surface area contributed by atoms with Gasteiger partial charge in [0.25, 0.3) is 5.91 Å². The van der Waals surface area contributed by atoms with Crippen LogP contribution in [0.5, 0.6) is 0 Å². The maximum Gasteiger partial charge on any atom is 0.257 e. The smallest absolute Gasteiger partial charge is 0.257 e. The Bertz CT molecular complexity index is 1170. The van der Waals surface area contributed by atoms with Gasteiger partial charge in [0.1, 0.15) is 5.69 Å². The Morgan fingerprint density at radius 1 is 1.10 bits per heavy atom. The van der Waals surface area contributed by atoms with Crippen molar-refractivity contribution in [2.75, 3.05) is 18.6 Å². The summed E-state index contributed by atoms with van der Waals surface area (Å²) < 4.78 is 25.6. The lowest BCUT2D eigenvalue weighted by atomic mass is 10.0. The van der Waals surface area contributed by atoms with E-state index in [4.69, 9.17) is 5.10 Å². The largest absolute Gasteiger partial charge is 0.338 e. The van der Waals surface area contributed by atoms with Gasteiger partial charge < -0.3 is 4.90 Å². The SMILES string of the molecule is CCc1ccc(-c2nn(Cc3ccccc3)cc2C(=O)N(C)[C@@H]2CCS(=O)(=O)C2)cc1. The Hall–Kier alpha value is -2.93. The first-order valence-corrected chi connectivity index (χ1v) is 12.4. The molecule has 3 aromatic rings. The van der Waals surface area contributed by atoms with Gasteiger partial charge in [0, 0.05) is 24.8 Å². The van der Waals surface area contributed by atoms with Crippen molar-refractivity contribution in [3.8, 4) is 11.3 Å². The van der Waals surface area contributed by atoms with Crippen LogP contribution in [0.3, 0.4) is 0 Å². The third kappa shape index (κ3) is 4.71. The van der Waals surface area contributed by atoms with Gasteiger partial charge >= 0.3 is 0 Å². The fraction of sp³-hybridized carbons (Fsp3) is 0.333. The standard InChI is InChI=1S/C24H27N3O3S/c1-3-18-9-11-20(12-10-18)23-22(16-27(25-23)15-19-7-5-4-6-8-19)24(28)26(2)21-13-14-31(29,30)17-21/h4-12,16,21H,3,13-15,17H2,1-2H3/t21-/m1/s1. The zero-order valence-corrected chi connectivity index (χ0v) is 18.7. The van der Waals surface area contributed by atoms with Gasteiger partial charge in [0.05, 0.1) is 23.6 Å². The van der Waals surface area contributed by atoms with Gasteiger partial charge in [-0.25, -0.2) is 8.42 Å². The average molecular weight is 438 g/mol. The Labute approximate surface area is 183 Å². The number of sulfone groups is 1. The van der Waals surface area contributed by atoms with Crippen LogP contribution in [-0.4, -0.2) is 53.6 Å². The number of nitrogens with zero attached hydrogens (tertiary/aromatic N) is 3. The average Bonchev–Trinajstić information content (AvgIpc) is 3.36. The molecule has 1 amide bonds. The molecule has 2 aromatic carbocycles. The minimum absolute atomic E-state index is 0.0217. The summed E-state index contributed by atoms with van der Waals surface area (Å²) in [6.45, 7) is 2.65. The second kappa shape index (κ2) is 8.67. The molecule has 1 aromatic heterocycles. The lowest BCUT2D eigenvalue weighted by molar-refractivity contribution is 0.0748. The number of rotatable bonds is 6. The zero-order valence-electron chi connectivity index (χ0n) is 17.9. The molecule has 7 heteroatoms. The van der Waals surface area contributed by atoms with Crippen LogP contribution in [-0.2, 0) is 22.8 Å². The summed E-state index contributed by atoms with van der Waals surface area (Å²) >= 11 is 0. The van der Waals surface area contributed by atoms with Crippen molar-refractivity contribution in [1.29, 1.82) is 0 Å². The van der Waals surface area contributed by atoms with Crippen LogP contribution in [0.1, 0.15) is 34.8 Å². The van der Waals surface area contributed by atoms with E-state index in [1.165, 1.54) is 5.56 Å². The van der Waals surface area contributed by atoms with Crippen molar-refractivity contribution in [3.63, 3.8) is 0 Å². The van der Waals surface area contributed by atoms with Crippen molar-refractivity contribution in [3.05, 3.63) is 77.5 Å². The summed E-state index contributed by atoms with van der Waals surface area (Å²) in [6, 6.07) is 17.7. The maximum atomic E-state index is 13.4. The van der Waals surface area contributed by atoms with Crippen molar-refractivity contribution in [2.45, 2.75) is 32.4 Å². The molecule has 31 heavy (non-hydrogen) atoms. The van der Waals surface area contributed by atoms with Crippen LogP contribution in [0.2, 0.25) is 0 Å².